The molecule has 0 spiro atoms. The summed E-state index contributed by atoms with van der Waals surface area (Å²) in [7, 11) is 0. The average molecular weight is 323 g/mol. The molecule has 1 fully saturated rings. The van der Waals surface area contributed by atoms with Crippen LogP contribution < -0.4 is 15.8 Å². The van der Waals surface area contributed by atoms with E-state index in [-0.39, 0.29) is 0 Å². The number of ether oxygens (including phenoxy) is 1. The smallest absolute Gasteiger partial charge is 0.193 e. The van der Waals surface area contributed by atoms with Crippen LogP contribution >= 0.6 is 0 Å². The summed E-state index contributed by atoms with van der Waals surface area (Å²) in [6.45, 7) is 5.48. The minimum Gasteiger partial charge on any atom is -0.493 e. The number of nitrogens with one attached hydrogen (secondary N) is 1. The van der Waals surface area contributed by atoms with E-state index in [0.717, 1.165) is 29.5 Å². The molecule has 0 saturated heterocycles. The van der Waals surface area contributed by atoms with E-state index in [1.54, 1.807) is 0 Å². The van der Waals surface area contributed by atoms with Crippen molar-refractivity contribution in [2.45, 2.75) is 33.2 Å². The quantitative estimate of drug-likeness (QED) is 0.623. The molecule has 0 aliphatic heterocycles. The van der Waals surface area contributed by atoms with Crippen LogP contribution in [0.4, 0.5) is 5.69 Å². The first-order valence-electron chi connectivity index (χ1n) is 8.46. The number of anilines is 1. The predicted octanol–water partition coefficient (Wildman–Crippen LogP) is 4.02. The number of nitrogens with two attached hydrogens (primary N) is 1. The Morgan fingerprint density at radius 3 is 2.71 bits per heavy atom. The maximum absolute atomic E-state index is 6.02. The summed E-state index contributed by atoms with van der Waals surface area (Å²) in [5.74, 6) is 2.06. The summed E-state index contributed by atoms with van der Waals surface area (Å²) in [5.41, 5.74) is 10.5. The van der Waals surface area contributed by atoms with Gasteiger partial charge in [0.05, 0.1) is 13.2 Å². The average Bonchev–Trinajstić information content (AvgIpc) is 3.39. The molecule has 1 saturated carbocycles. The van der Waals surface area contributed by atoms with E-state index in [9.17, 15) is 0 Å². The Balaban J connectivity index is 1.62. The van der Waals surface area contributed by atoms with Crippen LogP contribution in [0.25, 0.3) is 0 Å². The highest BCUT2D eigenvalue weighted by Crippen LogP contribution is 2.30. The first-order chi connectivity index (χ1) is 11.6. The Bertz CT molecular complexity index is 735. The van der Waals surface area contributed by atoms with Gasteiger partial charge >= 0.3 is 0 Å². The highest BCUT2D eigenvalue weighted by atomic mass is 16.5. The predicted molar refractivity (Wildman–Crippen MR) is 99.5 cm³/mol. The van der Waals surface area contributed by atoms with Crippen LogP contribution in [-0.4, -0.2) is 12.6 Å². The fraction of sp³-hybridized carbons (Fsp3) is 0.350. The number of para-hydroxylation sites is 1. The number of benzene rings is 2. The van der Waals surface area contributed by atoms with Gasteiger partial charge in [-0.25, -0.2) is 4.99 Å². The second kappa shape index (κ2) is 7.39. The Labute approximate surface area is 143 Å². The Hall–Kier alpha value is -2.49. The van der Waals surface area contributed by atoms with Crippen LogP contribution in [0.15, 0.2) is 47.5 Å². The van der Waals surface area contributed by atoms with E-state index in [1.165, 1.54) is 24.0 Å². The molecule has 0 atom stereocenters. The van der Waals surface area contributed by atoms with Crippen LogP contribution in [0, 0.1) is 19.8 Å². The van der Waals surface area contributed by atoms with E-state index >= 15 is 0 Å². The molecule has 0 amide bonds. The standard InChI is InChI=1S/C20H25N3O/c1-14-7-10-18(11-15(14)2)23-20(21)22-12-17-5-3-4-6-19(17)24-13-16-8-9-16/h3-7,10-11,16H,8-9,12-13H2,1-2H3,(H3,21,22,23). The third-order valence-corrected chi connectivity index (χ3v) is 4.34. The number of guanidine groups is 1. The molecule has 24 heavy (non-hydrogen) atoms. The van der Waals surface area contributed by atoms with Crippen molar-refractivity contribution in [1.82, 2.24) is 0 Å². The molecule has 0 unspecified atom stereocenters. The second-order valence-electron chi connectivity index (χ2n) is 6.49. The number of aryl methyl sites for hydroxylation is 2. The van der Waals surface area contributed by atoms with Gasteiger partial charge in [-0.1, -0.05) is 24.3 Å². The SMILES string of the molecule is Cc1ccc(NC(N)=NCc2ccccc2OCC2CC2)cc1C. The molecule has 126 valence electrons. The van der Waals surface area contributed by atoms with Gasteiger partial charge in [0.2, 0.25) is 0 Å². The van der Waals surface area contributed by atoms with Crippen molar-refractivity contribution in [3.63, 3.8) is 0 Å². The van der Waals surface area contributed by atoms with E-state index < -0.39 is 0 Å². The Kier molecular flexibility index (Phi) is 5.04. The van der Waals surface area contributed by atoms with Crippen LogP contribution in [0.5, 0.6) is 5.75 Å². The molecule has 0 heterocycles. The van der Waals surface area contributed by atoms with Crippen LogP contribution in [-0.2, 0) is 6.54 Å². The lowest BCUT2D eigenvalue weighted by Gasteiger charge is -2.11. The van der Waals surface area contributed by atoms with Gasteiger partial charge in [0.15, 0.2) is 5.96 Å². The van der Waals surface area contributed by atoms with Gasteiger partial charge in [0, 0.05) is 11.3 Å². The molecule has 2 aromatic rings. The van der Waals surface area contributed by atoms with Crippen molar-refractivity contribution in [1.29, 1.82) is 0 Å². The molecule has 3 rings (SSSR count). The van der Waals surface area contributed by atoms with Crippen molar-refractivity contribution in [2.24, 2.45) is 16.6 Å². The summed E-state index contributed by atoms with van der Waals surface area (Å²) in [6.07, 6.45) is 2.57. The minimum atomic E-state index is 0.412. The summed E-state index contributed by atoms with van der Waals surface area (Å²) in [4.78, 5) is 4.45. The van der Waals surface area contributed by atoms with Crippen LogP contribution in [0.2, 0.25) is 0 Å². The number of aliphatic imine (C=N–C) groups is 1. The summed E-state index contributed by atoms with van der Waals surface area (Å²) in [6, 6.07) is 14.2. The van der Waals surface area contributed by atoms with E-state index in [1.807, 2.05) is 30.3 Å². The molecule has 1 aliphatic carbocycles. The maximum Gasteiger partial charge on any atom is 0.193 e. The molecule has 0 bridgehead atoms. The topological polar surface area (TPSA) is 59.6 Å². The zero-order valence-corrected chi connectivity index (χ0v) is 14.4. The van der Waals surface area contributed by atoms with Gasteiger partial charge in [-0.2, -0.15) is 0 Å². The molecule has 3 N–H and O–H groups in total. The second-order valence-corrected chi connectivity index (χ2v) is 6.49. The lowest BCUT2D eigenvalue weighted by molar-refractivity contribution is 0.297. The van der Waals surface area contributed by atoms with Gasteiger partial charge in [-0.05, 0) is 61.9 Å². The van der Waals surface area contributed by atoms with Gasteiger partial charge in [0.1, 0.15) is 5.75 Å². The third-order valence-electron chi connectivity index (χ3n) is 4.34. The number of hydrogen-bond donors (Lipinski definition) is 2. The van der Waals surface area contributed by atoms with Gasteiger partial charge in [-0.15, -0.1) is 0 Å². The molecular formula is C20H25N3O. The number of hydrogen-bond acceptors (Lipinski definition) is 2. The van der Waals surface area contributed by atoms with Crippen molar-refractivity contribution in [2.75, 3.05) is 11.9 Å². The monoisotopic (exact) mass is 323 g/mol. The van der Waals surface area contributed by atoms with Crippen molar-refractivity contribution < 1.29 is 4.74 Å². The lowest BCUT2D eigenvalue weighted by atomic mass is 10.1. The fourth-order valence-electron chi connectivity index (χ4n) is 2.44. The first-order valence-corrected chi connectivity index (χ1v) is 8.46. The zero-order valence-electron chi connectivity index (χ0n) is 14.4. The normalized spacial score (nSPS) is 14.5. The summed E-state index contributed by atoms with van der Waals surface area (Å²) >= 11 is 0. The van der Waals surface area contributed by atoms with Crippen molar-refractivity contribution in [3.8, 4) is 5.75 Å². The molecule has 4 nitrogen and oxygen atoms in total. The molecule has 1 aliphatic rings. The minimum absolute atomic E-state index is 0.412. The highest BCUT2D eigenvalue weighted by molar-refractivity contribution is 5.92. The van der Waals surface area contributed by atoms with Crippen molar-refractivity contribution in [3.05, 3.63) is 59.2 Å². The van der Waals surface area contributed by atoms with Gasteiger partial charge in [0.25, 0.3) is 0 Å². The van der Waals surface area contributed by atoms with E-state index in [0.29, 0.717) is 12.5 Å². The Morgan fingerprint density at radius 2 is 1.96 bits per heavy atom. The van der Waals surface area contributed by atoms with Crippen LogP contribution in [0.3, 0.4) is 0 Å². The molecule has 4 heteroatoms. The van der Waals surface area contributed by atoms with Gasteiger partial charge in [-0.3, -0.25) is 0 Å². The molecule has 2 aromatic carbocycles. The van der Waals surface area contributed by atoms with E-state index in [4.69, 9.17) is 10.5 Å². The summed E-state index contributed by atoms with van der Waals surface area (Å²) < 4.78 is 5.91. The third kappa shape index (κ3) is 4.51. The lowest BCUT2D eigenvalue weighted by Crippen LogP contribution is -2.22. The zero-order chi connectivity index (χ0) is 16.9. The fourth-order valence-corrected chi connectivity index (χ4v) is 2.44. The van der Waals surface area contributed by atoms with E-state index in [2.05, 4.69) is 36.3 Å². The van der Waals surface area contributed by atoms with Crippen LogP contribution in [0.1, 0.15) is 29.5 Å². The highest BCUT2D eigenvalue weighted by Gasteiger charge is 2.22. The largest absolute Gasteiger partial charge is 0.493 e. The Morgan fingerprint density at radius 1 is 1.17 bits per heavy atom. The molecule has 0 radical (unpaired) electrons. The maximum atomic E-state index is 6.02. The summed E-state index contributed by atoms with van der Waals surface area (Å²) in [5, 5.41) is 3.15. The molecular weight excluding hydrogens is 298 g/mol. The van der Waals surface area contributed by atoms with Crippen molar-refractivity contribution >= 4 is 11.6 Å². The molecule has 0 aromatic heterocycles. The number of rotatable bonds is 6. The van der Waals surface area contributed by atoms with Gasteiger partial charge < -0.3 is 15.8 Å². The number of nitrogens with zero attached hydrogens (tertiary/aromatic N) is 1. The first kappa shape index (κ1) is 16.4.